The molecule has 0 aliphatic rings. The second-order valence-electron chi connectivity index (χ2n) is 1.96. The first-order valence-corrected chi connectivity index (χ1v) is 3.70. The predicted molar refractivity (Wildman–Crippen MR) is 43.5 cm³/mol. The number of halogens is 2. The molecule has 0 aliphatic carbocycles. The van der Waals surface area contributed by atoms with Crippen molar-refractivity contribution in [1.82, 2.24) is 0 Å². The van der Waals surface area contributed by atoms with E-state index in [4.69, 9.17) is 5.11 Å². The molecule has 0 unspecified atom stereocenters. The van der Waals surface area contributed by atoms with Crippen LogP contribution in [0.25, 0.3) is 0 Å². The standard InChI is InChI=1S/C7H3BrFNO2/c8-4-1-5(9)7(10-3-11)6(12)2-4/h1-2,12H. The van der Waals surface area contributed by atoms with Gasteiger partial charge in [0.1, 0.15) is 5.75 Å². The van der Waals surface area contributed by atoms with E-state index in [1.807, 2.05) is 0 Å². The molecule has 1 aromatic carbocycles. The molecular weight excluding hydrogens is 229 g/mol. The van der Waals surface area contributed by atoms with E-state index >= 15 is 0 Å². The molecule has 0 heterocycles. The summed E-state index contributed by atoms with van der Waals surface area (Å²) in [5, 5.41) is 9.06. The highest BCUT2D eigenvalue weighted by molar-refractivity contribution is 9.10. The molecule has 0 aromatic heterocycles. The van der Waals surface area contributed by atoms with Crippen molar-refractivity contribution < 1.29 is 14.3 Å². The average molecular weight is 232 g/mol. The zero-order valence-electron chi connectivity index (χ0n) is 5.71. The summed E-state index contributed by atoms with van der Waals surface area (Å²) in [5.74, 6) is -1.17. The number of hydrogen-bond acceptors (Lipinski definition) is 3. The first-order valence-electron chi connectivity index (χ1n) is 2.91. The summed E-state index contributed by atoms with van der Waals surface area (Å²) in [6.45, 7) is 0. The fourth-order valence-corrected chi connectivity index (χ4v) is 1.13. The quantitative estimate of drug-likeness (QED) is 0.596. The monoisotopic (exact) mass is 231 g/mol. The highest BCUT2D eigenvalue weighted by Gasteiger charge is 2.07. The first-order chi connectivity index (χ1) is 5.65. The number of nitrogens with zero attached hydrogens (tertiary/aromatic N) is 1. The van der Waals surface area contributed by atoms with Gasteiger partial charge >= 0.3 is 0 Å². The van der Waals surface area contributed by atoms with E-state index in [-0.39, 0.29) is 0 Å². The van der Waals surface area contributed by atoms with Crippen LogP contribution in [-0.2, 0) is 4.79 Å². The number of isocyanates is 1. The highest BCUT2D eigenvalue weighted by atomic mass is 79.9. The van der Waals surface area contributed by atoms with Crippen LogP contribution < -0.4 is 0 Å². The van der Waals surface area contributed by atoms with Crippen molar-refractivity contribution in [2.45, 2.75) is 0 Å². The molecular formula is C7H3BrFNO2. The van der Waals surface area contributed by atoms with Crippen molar-refractivity contribution in [3.8, 4) is 5.75 Å². The Morgan fingerprint density at radius 2 is 2.25 bits per heavy atom. The summed E-state index contributed by atoms with van der Waals surface area (Å²) >= 11 is 2.96. The molecule has 0 aliphatic heterocycles. The van der Waals surface area contributed by atoms with Gasteiger partial charge in [0, 0.05) is 4.47 Å². The normalized spacial score (nSPS) is 9.17. The lowest BCUT2D eigenvalue weighted by Crippen LogP contribution is -1.77. The summed E-state index contributed by atoms with van der Waals surface area (Å²) in [6, 6.07) is 2.33. The summed E-state index contributed by atoms with van der Waals surface area (Å²) in [4.78, 5) is 12.8. The number of hydrogen-bond donors (Lipinski definition) is 1. The van der Waals surface area contributed by atoms with Crippen LogP contribution in [0.15, 0.2) is 21.6 Å². The lowest BCUT2D eigenvalue weighted by atomic mass is 10.3. The predicted octanol–water partition coefficient (Wildman–Crippen LogP) is 2.26. The molecule has 0 spiro atoms. The van der Waals surface area contributed by atoms with Crippen LogP contribution in [0, 0.1) is 5.82 Å². The van der Waals surface area contributed by atoms with E-state index < -0.39 is 17.3 Å². The topological polar surface area (TPSA) is 49.7 Å². The van der Waals surface area contributed by atoms with E-state index in [1.54, 1.807) is 0 Å². The summed E-state index contributed by atoms with van der Waals surface area (Å²) in [5.41, 5.74) is -0.395. The molecule has 0 bridgehead atoms. The Balaban J connectivity index is 3.37. The second kappa shape index (κ2) is 3.47. The van der Waals surface area contributed by atoms with Crippen molar-refractivity contribution >= 4 is 27.7 Å². The number of phenols is 1. The first kappa shape index (κ1) is 8.90. The van der Waals surface area contributed by atoms with Gasteiger partial charge in [-0.3, -0.25) is 0 Å². The molecule has 0 saturated carbocycles. The molecule has 1 rings (SSSR count). The largest absolute Gasteiger partial charge is 0.505 e. The third-order valence-corrected chi connectivity index (χ3v) is 1.62. The minimum absolute atomic E-state index is 0.377. The fraction of sp³-hybridized carbons (Fsp3) is 0. The maximum Gasteiger partial charge on any atom is 0.240 e. The van der Waals surface area contributed by atoms with Crippen LogP contribution in [0.4, 0.5) is 10.1 Å². The zero-order chi connectivity index (χ0) is 9.14. The van der Waals surface area contributed by atoms with E-state index in [1.165, 1.54) is 6.07 Å². The van der Waals surface area contributed by atoms with E-state index in [0.29, 0.717) is 4.47 Å². The smallest absolute Gasteiger partial charge is 0.240 e. The molecule has 0 radical (unpaired) electrons. The molecule has 3 nitrogen and oxygen atoms in total. The lowest BCUT2D eigenvalue weighted by molar-refractivity contribution is 0.470. The zero-order valence-corrected chi connectivity index (χ0v) is 7.30. The molecule has 62 valence electrons. The number of carbonyl (C=O) groups excluding carboxylic acids is 1. The SMILES string of the molecule is O=C=Nc1c(O)cc(Br)cc1F. The third-order valence-electron chi connectivity index (χ3n) is 1.17. The van der Waals surface area contributed by atoms with Gasteiger partial charge in [-0.25, -0.2) is 9.18 Å². The highest BCUT2D eigenvalue weighted by Crippen LogP contribution is 2.32. The third kappa shape index (κ3) is 1.69. The number of phenolic OH excluding ortho intramolecular Hbond substituents is 1. The number of rotatable bonds is 1. The Hall–Kier alpha value is -1.19. The molecule has 12 heavy (non-hydrogen) atoms. The van der Waals surface area contributed by atoms with Crippen LogP contribution in [0.2, 0.25) is 0 Å². The summed E-state index contributed by atoms with van der Waals surface area (Å²) < 4.78 is 13.2. The second-order valence-corrected chi connectivity index (χ2v) is 2.87. The van der Waals surface area contributed by atoms with Gasteiger partial charge in [0.05, 0.1) is 0 Å². The molecule has 1 N–H and O–H groups in total. The van der Waals surface area contributed by atoms with Crippen LogP contribution in [-0.4, -0.2) is 11.2 Å². The molecule has 0 saturated heterocycles. The molecule has 1 aromatic rings. The van der Waals surface area contributed by atoms with Crippen molar-refractivity contribution in [3.05, 3.63) is 22.4 Å². The van der Waals surface area contributed by atoms with Gasteiger partial charge < -0.3 is 5.11 Å². The Bertz CT molecular complexity index is 337. The Labute approximate surface area is 75.7 Å². The minimum Gasteiger partial charge on any atom is -0.505 e. The van der Waals surface area contributed by atoms with Crippen molar-refractivity contribution in [2.75, 3.05) is 0 Å². The molecule has 0 amide bonds. The minimum atomic E-state index is -0.773. The summed E-state index contributed by atoms with van der Waals surface area (Å²) in [6.07, 6.45) is 1.14. The number of aliphatic imine (C=N–C) groups is 1. The molecule has 0 atom stereocenters. The average Bonchev–Trinajstić information content (AvgIpc) is 1.96. The van der Waals surface area contributed by atoms with Gasteiger partial charge in [0.15, 0.2) is 11.5 Å². The van der Waals surface area contributed by atoms with Gasteiger partial charge in [-0.1, -0.05) is 15.9 Å². The van der Waals surface area contributed by atoms with E-state index in [2.05, 4.69) is 20.9 Å². The Kier molecular flexibility index (Phi) is 2.58. The van der Waals surface area contributed by atoms with Crippen LogP contribution in [0.3, 0.4) is 0 Å². The number of aromatic hydroxyl groups is 1. The van der Waals surface area contributed by atoms with Crippen molar-refractivity contribution in [3.63, 3.8) is 0 Å². The maximum atomic E-state index is 12.8. The van der Waals surface area contributed by atoms with Crippen LogP contribution >= 0.6 is 15.9 Å². The van der Waals surface area contributed by atoms with Gasteiger partial charge in [-0.15, -0.1) is 0 Å². The van der Waals surface area contributed by atoms with E-state index in [9.17, 15) is 9.18 Å². The Morgan fingerprint density at radius 1 is 1.58 bits per heavy atom. The van der Waals surface area contributed by atoms with Gasteiger partial charge in [-0.2, -0.15) is 4.99 Å². The maximum absolute atomic E-state index is 12.8. The van der Waals surface area contributed by atoms with Crippen molar-refractivity contribution in [2.24, 2.45) is 4.99 Å². The lowest BCUT2D eigenvalue weighted by Gasteiger charge is -1.98. The van der Waals surface area contributed by atoms with Crippen LogP contribution in [0.1, 0.15) is 0 Å². The van der Waals surface area contributed by atoms with Gasteiger partial charge in [0.2, 0.25) is 6.08 Å². The molecule has 5 heteroatoms. The van der Waals surface area contributed by atoms with Crippen LogP contribution in [0.5, 0.6) is 5.75 Å². The van der Waals surface area contributed by atoms with Crippen molar-refractivity contribution in [1.29, 1.82) is 0 Å². The van der Waals surface area contributed by atoms with Gasteiger partial charge in [0.25, 0.3) is 0 Å². The van der Waals surface area contributed by atoms with Gasteiger partial charge in [-0.05, 0) is 12.1 Å². The Morgan fingerprint density at radius 3 is 2.75 bits per heavy atom. The fourth-order valence-electron chi connectivity index (χ4n) is 0.709. The van der Waals surface area contributed by atoms with E-state index in [0.717, 1.165) is 12.1 Å². The summed E-state index contributed by atoms with van der Waals surface area (Å²) in [7, 11) is 0. The number of benzene rings is 1. The molecule has 0 fully saturated rings.